The second-order valence-electron chi connectivity index (χ2n) is 13.3. The fourth-order valence-corrected chi connectivity index (χ4v) is 5.39. The van der Waals surface area contributed by atoms with Crippen LogP contribution in [0.5, 0.6) is 0 Å². The molecule has 3 aromatic rings. The van der Waals surface area contributed by atoms with E-state index >= 15 is 0 Å². The number of ether oxygens (including phenoxy) is 3. The summed E-state index contributed by atoms with van der Waals surface area (Å²) < 4.78 is 18.4. The molecule has 0 radical (unpaired) electrons. The van der Waals surface area contributed by atoms with Crippen molar-refractivity contribution in [3.63, 3.8) is 0 Å². The summed E-state index contributed by atoms with van der Waals surface area (Å²) in [5.74, 6) is -0.868. The summed E-state index contributed by atoms with van der Waals surface area (Å²) in [5, 5.41) is 23.7. The van der Waals surface area contributed by atoms with Gasteiger partial charge in [0.25, 0.3) is 0 Å². The van der Waals surface area contributed by atoms with Gasteiger partial charge < -0.3 is 34.5 Å². The Morgan fingerprint density at radius 3 is 2.13 bits per heavy atom. The van der Waals surface area contributed by atoms with Crippen LogP contribution >= 0.6 is 0 Å². The molecule has 4 rings (SSSR count). The van der Waals surface area contributed by atoms with Crippen molar-refractivity contribution >= 4 is 18.2 Å². The van der Waals surface area contributed by atoms with Crippen LogP contribution in [0.2, 0.25) is 0 Å². The van der Waals surface area contributed by atoms with E-state index in [9.17, 15) is 19.5 Å². The number of fused-ring (bicyclic) bond motifs is 3. The molecule has 12 heteroatoms. The number of alkyl carbamates (subject to hydrolysis) is 2. The molecule has 0 aliphatic heterocycles. The largest absolute Gasteiger partial charge is 0.480 e. The van der Waals surface area contributed by atoms with Crippen LogP contribution in [0.3, 0.4) is 0 Å². The van der Waals surface area contributed by atoms with Gasteiger partial charge in [-0.3, -0.25) is 0 Å². The van der Waals surface area contributed by atoms with Gasteiger partial charge in [0.15, 0.2) is 5.82 Å². The molecule has 248 valence electrons. The maximum absolute atomic E-state index is 12.6. The molecule has 3 N–H and O–H groups in total. The van der Waals surface area contributed by atoms with Gasteiger partial charge in [-0.15, -0.1) is 10.2 Å². The zero-order valence-corrected chi connectivity index (χ0v) is 27.4. The Balaban J connectivity index is 1.30. The lowest BCUT2D eigenvalue weighted by molar-refractivity contribution is -0.141. The number of carboxylic acid groups (broad SMARTS) is 1. The first-order valence-electron chi connectivity index (χ1n) is 15.6. The van der Waals surface area contributed by atoms with E-state index < -0.39 is 41.4 Å². The molecule has 46 heavy (non-hydrogen) atoms. The third-order valence-electron chi connectivity index (χ3n) is 7.42. The second kappa shape index (κ2) is 14.8. The molecule has 1 aliphatic carbocycles. The van der Waals surface area contributed by atoms with Crippen LogP contribution in [0, 0.1) is 0 Å². The third-order valence-corrected chi connectivity index (χ3v) is 7.42. The van der Waals surface area contributed by atoms with E-state index in [1.807, 2.05) is 45.0 Å². The number of hydrogen-bond donors (Lipinski definition) is 3. The van der Waals surface area contributed by atoms with Crippen molar-refractivity contribution in [1.29, 1.82) is 0 Å². The van der Waals surface area contributed by atoms with Crippen LogP contribution in [0.25, 0.3) is 11.1 Å². The van der Waals surface area contributed by atoms with Gasteiger partial charge in [-0.1, -0.05) is 48.5 Å². The minimum atomic E-state index is -1.07. The highest BCUT2D eigenvalue weighted by Crippen LogP contribution is 2.44. The van der Waals surface area contributed by atoms with E-state index in [-0.39, 0.29) is 31.4 Å². The average molecular weight is 636 g/mol. The topological polar surface area (TPSA) is 154 Å². The maximum Gasteiger partial charge on any atom is 0.408 e. The first-order chi connectivity index (χ1) is 21.7. The molecule has 1 heterocycles. The number of aromatic nitrogens is 3. The number of amides is 2. The van der Waals surface area contributed by atoms with Gasteiger partial charge in [-0.2, -0.15) is 0 Å². The number of unbranched alkanes of at least 4 members (excludes halogenated alkanes) is 1. The molecule has 0 spiro atoms. The monoisotopic (exact) mass is 635 g/mol. The number of carbonyl (C=O) groups excluding carboxylic acids is 2. The van der Waals surface area contributed by atoms with Crippen molar-refractivity contribution in [2.45, 2.75) is 90.0 Å². The van der Waals surface area contributed by atoms with E-state index in [2.05, 4.69) is 45.1 Å². The lowest BCUT2D eigenvalue weighted by Crippen LogP contribution is -2.39. The van der Waals surface area contributed by atoms with Crippen LogP contribution in [-0.2, 0) is 19.0 Å². The molecule has 0 bridgehead atoms. The SMILES string of the molecule is CC(C)(C)OC[C@H](NC(=O)OC(C)(C)C)c1nncn1C(CCCCNC(=O)OCC1c2ccccc2-c2ccccc21)C(=O)O. The maximum atomic E-state index is 12.6. The van der Waals surface area contributed by atoms with Crippen molar-refractivity contribution in [2.75, 3.05) is 19.8 Å². The number of carbonyl (C=O) groups is 3. The third kappa shape index (κ3) is 9.29. The van der Waals surface area contributed by atoms with E-state index in [0.717, 1.165) is 22.3 Å². The van der Waals surface area contributed by atoms with E-state index in [4.69, 9.17) is 14.2 Å². The van der Waals surface area contributed by atoms with Crippen LogP contribution in [0.1, 0.15) is 95.8 Å². The summed E-state index contributed by atoms with van der Waals surface area (Å²) in [7, 11) is 0. The minimum Gasteiger partial charge on any atom is -0.480 e. The molecule has 1 aliphatic rings. The van der Waals surface area contributed by atoms with Gasteiger partial charge in [0.1, 0.15) is 30.6 Å². The first-order valence-corrected chi connectivity index (χ1v) is 15.6. The fourth-order valence-electron chi connectivity index (χ4n) is 5.39. The van der Waals surface area contributed by atoms with Gasteiger partial charge in [0.05, 0.1) is 12.2 Å². The highest BCUT2D eigenvalue weighted by Gasteiger charge is 2.31. The van der Waals surface area contributed by atoms with E-state index in [0.29, 0.717) is 19.4 Å². The summed E-state index contributed by atoms with van der Waals surface area (Å²) >= 11 is 0. The quantitative estimate of drug-likeness (QED) is 0.192. The summed E-state index contributed by atoms with van der Waals surface area (Å²) in [6, 6.07) is 14.5. The Hall–Kier alpha value is -4.45. The lowest BCUT2D eigenvalue weighted by atomic mass is 9.98. The van der Waals surface area contributed by atoms with E-state index in [1.165, 1.54) is 10.9 Å². The number of benzene rings is 2. The molecule has 2 atom stereocenters. The second-order valence-corrected chi connectivity index (χ2v) is 13.3. The predicted octanol–water partition coefficient (Wildman–Crippen LogP) is 5.99. The van der Waals surface area contributed by atoms with Gasteiger partial charge in [0, 0.05) is 12.5 Å². The normalized spacial score (nSPS) is 14.1. The van der Waals surface area contributed by atoms with Crippen molar-refractivity contribution in [3.05, 3.63) is 71.8 Å². The molecule has 0 fully saturated rings. The van der Waals surface area contributed by atoms with Gasteiger partial charge in [-0.05, 0) is 83.1 Å². The Morgan fingerprint density at radius 1 is 0.913 bits per heavy atom. The number of carboxylic acids is 1. The van der Waals surface area contributed by atoms with Gasteiger partial charge in [0.2, 0.25) is 0 Å². The van der Waals surface area contributed by atoms with Crippen molar-refractivity contribution in [1.82, 2.24) is 25.4 Å². The molecule has 1 aromatic heterocycles. The van der Waals surface area contributed by atoms with Crippen molar-refractivity contribution in [3.8, 4) is 11.1 Å². The zero-order valence-electron chi connectivity index (χ0n) is 27.4. The standard InChI is InChI=1S/C34H45N5O7/c1-33(2,3)45-20-27(37-32(43)46-34(4,5)6)29-38-36-21-39(29)28(30(40)41)17-11-12-18-35-31(42)44-19-26-24-15-9-7-13-22(24)23-14-8-10-16-25(23)26/h7-10,13-16,21,26-28H,11-12,17-20H2,1-6H3,(H,35,42)(H,37,43)(H,40,41)/t27-,28?/m0/s1. The molecule has 1 unspecified atom stereocenters. The number of hydrogen-bond acceptors (Lipinski definition) is 8. The van der Waals surface area contributed by atoms with Crippen molar-refractivity contribution in [2.24, 2.45) is 0 Å². The van der Waals surface area contributed by atoms with Crippen LogP contribution in [-0.4, -0.2) is 69.0 Å². The predicted molar refractivity (Wildman–Crippen MR) is 171 cm³/mol. The van der Waals surface area contributed by atoms with E-state index in [1.54, 1.807) is 20.8 Å². The van der Waals surface area contributed by atoms with Crippen molar-refractivity contribution < 1.29 is 33.7 Å². The summed E-state index contributed by atoms with van der Waals surface area (Å²) in [5.41, 5.74) is 3.33. The minimum absolute atomic E-state index is 0.0256. The number of nitrogens with zero attached hydrogens (tertiary/aromatic N) is 3. The van der Waals surface area contributed by atoms with Crippen LogP contribution in [0.15, 0.2) is 54.9 Å². The highest BCUT2D eigenvalue weighted by atomic mass is 16.6. The Kier molecular flexibility index (Phi) is 11.0. The fraction of sp³-hybridized carbons (Fsp3) is 0.500. The Bertz CT molecular complexity index is 1460. The Morgan fingerprint density at radius 2 is 1.54 bits per heavy atom. The average Bonchev–Trinajstić information content (AvgIpc) is 3.57. The number of aliphatic carboxylic acids is 1. The zero-order chi connectivity index (χ0) is 33.5. The van der Waals surface area contributed by atoms with Crippen LogP contribution in [0.4, 0.5) is 9.59 Å². The lowest BCUT2D eigenvalue weighted by Gasteiger charge is -2.27. The molecule has 2 aromatic carbocycles. The molecule has 2 amide bonds. The molecular formula is C34H45N5O7. The molecular weight excluding hydrogens is 590 g/mol. The molecule has 0 saturated carbocycles. The first kappa shape index (κ1) is 34.4. The smallest absolute Gasteiger partial charge is 0.408 e. The van der Waals surface area contributed by atoms with Gasteiger partial charge >= 0.3 is 18.2 Å². The van der Waals surface area contributed by atoms with Gasteiger partial charge in [-0.25, -0.2) is 14.4 Å². The number of nitrogens with one attached hydrogen (secondary N) is 2. The summed E-state index contributed by atoms with van der Waals surface area (Å²) in [6.45, 7) is 11.4. The van der Waals surface area contributed by atoms with Crippen LogP contribution < -0.4 is 10.6 Å². The Labute approximate surface area is 269 Å². The highest BCUT2D eigenvalue weighted by molar-refractivity contribution is 5.79. The summed E-state index contributed by atoms with van der Waals surface area (Å²) in [6.07, 6.45) is 1.39. The summed E-state index contributed by atoms with van der Waals surface area (Å²) in [4.78, 5) is 37.5. The number of rotatable bonds is 13. The molecule has 12 nitrogen and oxygen atoms in total. The molecule has 0 saturated heterocycles.